The van der Waals surface area contributed by atoms with Gasteiger partial charge in [-0.05, 0) is 38.2 Å². The summed E-state index contributed by atoms with van der Waals surface area (Å²) in [5.74, 6) is 1.06. The van der Waals surface area contributed by atoms with Gasteiger partial charge in [-0.3, -0.25) is 0 Å². The summed E-state index contributed by atoms with van der Waals surface area (Å²) in [7, 11) is 4.19. The van der Waals surface area contributed by atoms with Crippen molar-refractivity contribution in [1.29, 1.82) is 0 Å². The molecular formula is C14H22N2O. The first-order valence-electron chi connectivity index (χ1n) is 6.30. The minimum atomic E-state index is 0.404. The molecule has 1 aliphatic rings. The van der Waals surface area contributed by atoms with Crippen molar-refractivity contribution in [2.75, 3.05) is 33.8 Å². The molecule has 1 heterocycles. The zero-order chi connectivity index (χ0) is 12.3. The number of likely N-dealkylation sites (N-methyl/N-ethyl adjacent to an activating group) is 1. The molecule has 17 heavy (non-hydrogen) atoms. The van der Waals surface area contributed by atoms with Crippen LogP contribution in [0.3, 0.4) is 0 Å². The lowest BCUT2D eigenvalue weighted by Gasteiger charge is -2.17. The molecule has 0 aliphatic carbocycles. The Morgan fingerprint density at radius 2 is 2.24 bits per heavy atom. The van der Waals surface area contributed by atoms with Gasteiger partial charge in [0.25, 0.3) is 0 Å². The van der Waals surface area contributed by atoms with Crippen molar-refractivity contribution >= 4 is 0 Å². The van der Waals surface area contributed by atoms with E-state index in [-0.39, 0.29) is 0 Å². The molecule has 0 bridgehead atoms. The number of nitrogens with zero attached hydrogens (tertiary/aromatic N) is 1. The first-order valence-corrected chi connectivity index (χ1v) is 6.30. The summed E-state index contributed by atoms with van der Waals surface area (Å²) in [5, 5.41) is 3.54. The highest BCUT2D eigenvalue weighted by molar-refractivity contribution is 5.40. The maximum Gasteiger partial charge on any atom is 0.122 e. The predicted molar refractivity (Wildman–Crippen MR) is 70.6 cm³/mol. The van der Waals surface area contributed by atoms with Gasteiger partial charge in [0.2, 0.25) is 0 Å². The third-order valence-corrected chi connectivity index (χ3v) is 3.22. The second kappa shape index (κ2) is 5.52. The van der Waals surface area contributed by atoms with Crippen LogP contribution in [0, 0.1) is 0 Å². The van der Waals surface area contributed by atoms with E-state index in [1.165, 1.54) is 11.1 Å². The van der Waals surface area contributed by atoms with Crippen molar-refractivity contribution in [2.45, 2.75) is 19.4 Å². The molecule has 0 radical (unpaired) electrons. The van der Waals surface area contributed by atoms with E-state index in [0.717, 1.165) is 31.9 Å². The van der Waals surface area contributed by atoms with Gasteiger partial charge in [0.1, 0.15) is 5.75 Å². The van der Waals surface area contributed by atoms with Crippen molar-refractivity contribution in [3.63, 3.8) is 0 Å². The third-order valence-electron chi connectivity index (χ3n) is 3.22. The third kappa shape index (κ3) is 3.20. The maximum atomic E-state index is 5.52. The van der Waals surface area contributed by atoms with Crippen LogP contribution in [0.25, 0.3) is 0 Å². The van der Waals surface area contributed by atoms with E-state index in [0.29, 0.717) is 6.04 Å². The standard InChI is InChI=1S/C14H22N2O/c1-11(15-7-8-16(2)3)12-4-5-14-13(10-12)6-9-17-14/h4-5,10-11,15H,6-9H2,1-3H3. The summed E-state index contributed by atoms with van der Waals surface area (Å²) < 4.78 is 5.52. The highest BCUT2D eigenvalue weighted by Crippen LogP contribution is 2.27. The van der Waals surface area contributed by atoms with Crippen LogP contribution >= 0.6 is 0 Å². The first kappa shape index (κ1) is 12.4. The molecule has 0 amide bonds. The minimum Gasteiger partial charge on any atom is -0.493 e. The van der Waals surface area contributed by atoms with Crippen molar-refractivity contribution in [1.82, 2.24) is 10.2 Å². The Morgan fingerprint density at radius 3 is 3.00 bits per heavy atom. The quantitative estimate of drug-likeness (QED) is 0.841. The topological polar surface area (TPSA) is 24.5 Å². The molecule has 0 saturated heterocycles. The number of nitrogens with one attached hydrogen (secondary N) is 1. The Balaban J connectivity index is 1.92. The van der Waals surface area contributed by atoms with Gasteiger partial charge in [-0.1, -0.05) is 12.1 Å². The van der Waals surface area contributed by atoms with Crippen LogP contribution in [0.1, 0.15) is 24.1 Å². The molecule has 1 aromatic rings. The Bertz CT molecular complexity index is 376. The van der Waals surface area contributed by atoms with Crippen molar-refractivity contribution < 1.29 is 4.74 Å². The second-order valence-electron chi connectivity index (χ2n) is 4.94. The molecule has 0 saturated carbocycles. The lowest BCUT2D eigenvalue weighted by atomic mass is 10.0. The lowest BCUT2D eigenvalue weighted by molar-refractivity contribution is 0.356. The van der Waals surface area contributed by atoms with Gasteiger partial charge in [-0.15, -0.1) is 0 Å². The molecule has 1 aromatic carbocycles. The Hall–Kier alpha value is -1.06. The number of ether oxygens (including phenoxy) is 1. The Kier molecular flexibility index (Phi) is 4.02. The van der Waals surface area contributed by atoms with Crippen LogP contribution in [-0.2, 0) is 6.42 Å². The highest BCUT2D eigenvalue weighted by atomic mass is 16.5. The smallest absolute Gasteiger partial charge is 0.122 e. The van der Waals surface area contributed by atoms with Gasteiger partial charge in [0.15, 0.2) is 0 Å². The van der Waals surface area contributed by atoms with Crippen LogP contribution in [0.5, 0.6) is 5.75 Å². The summed E-state index contributed by atoms with van der Waals surface area (Å²) in [6.07, 6.45) is 1.05. The number of rotatable bonds is 5. The molecule has 0 fully saturated rings. The molecule has 94 valence electrons. The van der Waals surface area contributed by atoms with Gasteiger partial charge >= 0.3 is 0 Å². The van der Waals surface area contributed by atoms with Gasteiger partial charge < -0.3 is 15.0 Å². The average molecular weight is 234 g/mol. The normalized spacial score (nSPS) is 15.8. The minimum absolute atomic E-state index is 0.404. The van der Waals surface area contributed by atoms with Gasteiger partial charge in [0, 0.05) is 25.6 Å². The molecule has 3 heteroatoms. The van der Waals surface area contributed by atoms with E-state index in [9.17, 15) is 0 Å². The first-order chi connectivity index (χ1) is 8.16. The molecule has 0 spiro atoms. The molecule has 2 rings (SSSR count). The molecular weight excluding hydrogens is 212 g/mol. The number of hydrogen-bond acceptors (Lipinski definition) is 3. The van der Waals surface area contributed by atoms with E-state index >= 15 is 0 Å². The van der Waals surface area contributed by atoms with Gasteiger partial charge in [-0.2, -0.15) is 0 Å². The summed E-state index contributed by atoms with van der Waals surface area (Å²) in [6, 6.07) is 6.94. The fourth-order valence-electron chi connectivity index (χ4n) is 2.10. The number of fused-ring (bicyclic) bond motifs is 1. The van der Waals surface area contributed by atoms with Crippen LogP contribution in [0.4, 0.5) is 0 Å². The lowest BCUT2D eigenvalue weighted by Crippen LogP contribution is -2.28. The molecule has 0 aromatic heterocycles. The van der Waals surface area contributed by atoms with E-state index in [4.69, 9.17) is 4.74 Å². The van der Waals surface area contributed by atoms with E-state index < -0.39 is 0 Å². The van der Waals surface area contributed by atoms with Crippen LogP contribution in [0.2, 0.25) is 0 Å². The Labute approximate surface area is 104 Å². The van der Waals surface area contributed by atoms with Crippen LogP contribution < -0.4 is 10.1 Å². The maximum absolute atomic E-state index is 5.52. The zero-order valence-corrected chi connectivity index (χ0v) is 11.0. The average Bonchev–Trinajstić information content (AvgIpc) is 2.75. The predicted octanol–water partition coefficient (Wildman–Crippen LogP) is 1.83. The molecule has 1 aliphatic heterocycles. The van der Waals surface area contributed by atoms with Crippen molar-refractivity contribution in [2.24, 2.45) is 0 Å². The molecule has 1 unspecified atom stereocenters. The summed E-state index contributed by atoms with van der Waals surface area (Å²) in [6.45, 7) is 5.13. The summed E-state index contributed by atoms with van der Waals surface area (Å²) in [4.78, 5) is 2.19. The van der Waals surface area contributed by atoms with Crippen LogP contribution in [-0.4, -0.2) is 38.7 Å². The number of benzene rings is 1. The molecule has 3 nitrogen and oxygen atoms in total. The fraction of sp³-hybridized carbons (Fsp3) is 0.571. The highest BCUT2D eigenvalue weighted by Gasteiger charge is 2.14. The zero-order valence-electron chi connectivity index (χ0n) is 11.0. The SMILES string of the molecule is CC(NCCN(C)C)c1ccc2c(c1)CCO2. The van der Waals surface area contributed by atoms with Gasteiger partial charge in [0.05, 0.1) is 6.61 Å². The molecule has 1 atom stereocenters. The monoisotopic (exact) mass is 234 g/mol. The second-order valence-corrected chi connectivity index (χ2v) is 4.94. The fourth-order valence-corrected chi connectivity index (χ4v) is 2.10. The summed E-state index contributed by atoms with van der Waals surface area (Å²) in [5.41, 5.74) is 2.71. The van der Waals surface area contributed by atoms with E-state index in [1.54, 1.807) is 0 Å². The Morgan fingerprint density at radius 1 is 1.41 bits per heavy atom. The molecule has 1 N–H and O–H groups in total. The van der Waals surface area contributed by atoms with Crippen molar-refractivity contribution in [3.05, 3.63) is 29.3 Å². The number of hydrogen-bond donors (Lipinski definition) is 1. The van der Waals surface area contributed by atoms with Crippen LogP contribution in [0.15, 0.2) is 18.2 Å². The van der Waals surface area contributed by atoms with Gasteiger partial charge in [-0.25, -0.2) is 0 Å². The largest absolute Gasteiger partial charge is 0.493 e. The van der Waals surface area contributed by atoms with Crippen molar-refractivity contribution in [3.8, 4) is 5.75 Å². The van der Waals surface area contributed by atoms with E-state index in [1.807, 2.05) is 0 Å². The summed E-state index contributed by atoms with van der Waals surface area (Å²) >= 11 is 0. The van der Waals surface area contributed by atoms with E-state index in [2.05, 4.69) is 49.4 Å².